The lowest BCUT2D eigenvalue weighted by molar-refractivity contribution is 0.373. The van der Waals surface area contributed by atoms with Gasteiger partial charge in [-0.05, 0) is 44.8 Å². The van der Waals surface area contributed by atoms with Crippen molar-refractivity contribution >= 4 is 0 Å². The third kappa shape index (κ3) is 3.99. The summed E-state index contributed by atoms with van der Waals surface area (Å²) in [5.41, 5.74) is 1.23. The van der Waals surface area contributed by atoms with Crippen LogP contribution in [0.3, 0.4) is 0 Å². The maximum absolute atomic E-state index is 5.02. The molecule has 0 saturated carbocycles. The first-order valence-electron chi connectivity index (χ1n) is 6.40. The van der Waals surface area contributed by atoms with Crippen LogP contribution in [0.4, 0.5) is 0 Å². The Bertz CT molecular complexity index is 265. The molecule has 0 spiro atoms. The third-order valence-corrected chi connectivity index (χ3v) is 3.23. The number of nitrogens with one attached hydrogen (secondary N) is 2. The molecule has 0 bridgehead atoms. The summed E-state index contributed by atoms with van der Waals surface area (Å²) in [6, 6.07) is 2.78. The van der Waals surface area contributed by atoms with E-state index in [1.54, 1.807) is 12.5 Å². The Morgan fingerprint density at radius 2 is 2.44 bits per heavy atom. The fourth-order valence-corrected chi connectivity index (χ4v) is 2.27. The standard InChI is InChI=1S/C13H22N2O/c1-2-8-15-13(4-1)5-3-7-14-10-12-6-9-16-11-12/h6,9,11,13-15H,1-5,7-8,10H2. The molecule has 1 saturated heterocycles. The predicted molar refractivity (Wildman–Crippen MR) is 65.3 cm³/mol. The van der Waals surface area contributed by atoms with Gasteiger partial charge in [-0.2, -0.15) is 0 Å². The van der Waals surface area contributed by atoms with Crippen LogP contribution in [-0.4, -0.2) is 19.1 Å². The van der Waals surface area contributed by atoms with E-state index in [0.717, 1.165) is 19.1 Å². The molecule has 1 atom stereocenters. The molecule has 0 radical (unpaired) electrons. The van der Waals surface area contributed by atoms with Gasteiger partial charge >= 0.3 is 0 Å². The molecular formula is C13H22N2O. The second-order valence-corrected chi connectivity index (χ2v) is 4.60. The fourth-order valence-electron chi connectivity index (χ4n) is 2.27. The van der Waals surface area contributed by atoms with Crippen LogP contribution >= 0.6 is 0 Å². The van der Waals surface area contributed by atoms with Gasteiger partial charge in [0.2, 0.25) is 0 Å². The van der Waals surface area contributed by atoms with E-state index in [1.165, 1.54) is 44.2 Å². The third-order valence-electron chi connectivity index (χ3n) is 3.23. The molecule has 1 aliphatic rings. The molecule has 1 aromatic heterocycles. The minimum atomic E-state index is 0.768. The van der Waals surface area contributed by atoms with Crippen molar-refractivity contribution in [2.75, 3.05) is 13.1 Å². The van der Waals surface area contributed by atoms with E-state index < -0.39 is 0 Å². The van der Waals surface area contributed by atoms with Crippen LogP contribution in [-0.2, 0) is 6.54 Å². The topological polar surface area (TPSA) is 37.2 Å². The Morgan fingerprint density at radius 3 is 3.19 bits per heavy atom. The summed E-state index contributed by atoms with van der Waals surface area (Å²) < 4.78 is 5.02. The number of hydrogen-bond donors (Lipinski definition) is 2. The lowest BCUT2D eigenvalue weighted by Gasteiger charge is -2.23. The minimum absolute atomic E-state index is 0.768. The highest BCUT2D eigenvalue weighted by atomic mass is 16.3. The predicted octanol–water partition coefficient (Wildman–Crippen LogP) is 2.29. The van der Waals surface area contributed by atoms with E-state index in [-0.39, 0.29) is 0 Å². The van der Waals surface area contributed by atoms with Gasteiger partial charge in [-0.1, -0.05) is 6.42 Å². The number of hydrogen-bond acceptors (Lipinski definition) is 3. The molecule has 1 aliphatic heterocycles. The van der Waals surface area contributed by atoms with Gasteiger partial charge < -0.3 is 15.1 Å². The van der Waals surface area contributed by atoms with E-state index in [1.807, 2.05) is 6.07 Å². The summed E-state index contributed by atoms with van der Waals surface area (Å²) in [5, 5.41) is 7.02. The monoisotopic (exact) mass is 222 g/mol. The Hall–Kier alpha value is -0.800. The SMILES string of the molecule is c1cc(CNCCCC2CCCCN2)co1. The van der Waals surface area contributed by atoms with Gasteiger partial charge in [0.05, 0.1) is 12.5 Å². The maximum Gasteiger partial charge on any atom is 0.0947 e. The van der Waals surface area contributed by atoms with Crippen LogP contribution < -0.4 is 10.6 Å². The van der Waals surface area contributed by atoms with Gasteiger partial charge in [0.1, 0.15) is 0 Å². The van der Waals surface area contributed by atoms with E-state index in [4.69, 9.17) is 4.42 Å². The summed E-state index contributed by atoms with van der Waals surface area (Å²) in [4.78, 5) is 0. The van der Waals surface area contributed by atoms with Crippen molar-refractivity contribution in [1.29, 1.82) is 0 Å². The molecule has 90 valence electrons. The highest BCUT2D eigenvalue weighted by Gasteiger charge is 2.11. The molecule has 2 rings (SSSR count). The van der Waals surface area contributed by atoms with Crippen molar-refractivity contribution < 1.29 is 4.42 Å². The summed E-state index contributed by atoms with van der Waals surface area (Å²) >= 11 is 0. The minimum Gasteiger partial charge on any atom is -0.472 e. The van der Waals surface area contributed by atoms with Gasteiger partial charge in [0.25, 0.3) is 0 Å². The van der Waals surface area contributed by atoms with Crippen LogP contribution in [0, 0.1) is 0 Å². The second kappa shape index (κ2) is 6.71. The van der Waals surface area contributed by atoms with Crippen LogP contribution in [0.1, 0.15) is 37.7 Å². The molecule has 3 heteroatoms. The molecule has 1 aromatic rings. The molecule has 0 aliphatic carbocycles. The lowest BCUT2D eigenvalue weighted by Crippen LogP contribution is -2.34. The van der Waals surface area contributed by atoms with E-state index >= 15 is 0 Å². The first kappa shape index (κ1) is 11.7. The number of piperidine rings is 1. The van der Waals surface area contributed by atoms with Crippen LogP contribution in [0.25, 0.3) is 0 Å². The summed E-state index contributed by atoms with van der Waals surface area (Å²) in [7, 11) is 0. The van der Waals surface area contributed by atoms with E-state index in [9.17, 15) is 0 Å². The zero-order valence-electron chi connectivity index (χ0n) is 9.87. The largest absolute Gasteiger partial charge is 0.472 e. The molecular weight excluding hydrogens is 200 g/mol. The van der Waals surface area contributed by atoms with Gasteiger partial charge in [-0.3, -0.25) is 0 Å². The molecule has 1 unspecified atom stereocenters. The van der Waals surface area contributed by atoms with E-state index in [0.29, 0.717) is 0 Å². The van der Waals surface area contributed by atoms with Crippen LogP contribution in [0.5, 0.6) is 0 Å². The summed E-state index contributed by atoms with van der Waals surface area (Å²) in [5.74, 6) is 0. The molecule has 0 aromatic carbocycles. The van der Waals surface area contributed by atoms with Gasteiger partial charge in [-0.15, -0.1) is 0 Å². The van der Waals surface area contributed by atoms with Crippen molar-refractivity contribution in [3.05, 3.63) is 24.2 Å². The van der Waals surface area contributed by atoms with Gasteiger partial charge in [-0.25, -0.2) is 0 Å². The van der Waals surface area contributed by atoms with Gasteiger partial charge in [0.15, 0.2) is 0 Å². The molecule has 1 fully saturated rings. The Balaban J connectivity index is 1.48. The van der Waals surface area contributed by atoms with Crippen molar-refractivity contribution in [2.45, 2.75) is 44.7 Å². The van der Waals surface area contributed by atoms with E-state index in [2.05, 4.69) is 10.6 Å². The molecule has 3 nitrogen and oxygen atoms in total. The highest BCUT2D eigenvalue weighted by Crippen LogP contribution is 2.11. The zero-order chi connectivity index (χ0) is 11.1. The second-order valence-electron chi connectivity index (χ2n) is 4.60. The maximum atomic E-state index is 5.02. The first-order chi connectivity index (χ1) is 7.95. The van der Waals surface area contributed by atoms with Crippen LogP contribution in [0.15, 0.2) is 23.0 Å². The molecule has 16 heavy (non-hydrogen) atoms. The fraction of sp³-hybridized carbons (Fsp3) is 0.692. The number of rotatable bonds is 6. The van der Waals surface area contributed by atoms with Crippen molar-refractivity contribution in [3.8, 4) is 0 Å². The summed E-state index contributed by atoms with van der Waals surface area (Å²) in [6.45, 7) is 3.24. The first-order valence-corrected chi connectivity index (χ1v) is 6.40. The van der Waals surface area contributed by atoms with Crippen molar-refractivity contribution in [3.63, 3.8) is 0 Å². The molecule has 2 heterocycles. The van der Waals surface area contributed by atoms with Crippen LogP contribution in [0.2, 0.25) is 0 Å². The van der Waals surface area contributed by atoms with Crippen molar-refractivity contribution in [2.24, 2.45) is 0 Å². The van der Waals surface area contributed by atoms with Crippen molar-refractivity contribution in [1.82, 2.24) is 10.6 Å². The lowest BCUT2D eigenvalue weighted by atomic mass is 10.0. The average Bonchev–Trinajstić information content (AvgIpc) is 2.83. The Morgan fingerprint density at radius 1 is 1.44 bits per heavy atom. The average molecular weight is 222 g/mol. The number of furan rings is 1. The smallest absolute Gasteiger partial charge is 0.0947 e. The quantitative estimate of drug-likeness (QED) is 0.725. The Labute approximate surface area is 97.6 Å². The zero-order valence-corrected chi connectivity index (χ0v) is 9.87. The molecule has 0 amide bonds. The summed E-state index contributed by atoms with van der Waals surface area (Å²) in [6.07, 6.45) is 10.2. The highest BCUT2D eigenvalue weighted by molar-refractivity contribution is 5.04. The normalized spacial score (nSPS) is 21.1. The van der Waals surface area contributed by atoms with Gasteiger partial charge in [0, 0.05) is 18.2 Å². The molecule has 2 N–H and O–H groups in total. The Kier molecular flexibility index (Phi) is 4.90.